The van der Waals surface area contributed by atoms with E-state index in [1.165, 1.54) is 13.2 Å². The number of benzene rings is 2. The molecular formula is C30H32Cl4O8. The molecule has 0 radical (unpaired) electrons. The van der Waals surface area contributed by atoms with Crippen LogP contribution in [0.5, 0.6) is 11.5 Å². The molecule has 12 heteroatoms. The van der Waals surface area contributed by atoms with Gasteiger partial charge in [-0.3, -0.25) is 4.79 Å². The van der Waals surface area contributed by atoms with Gasteiger partial charge in [0.05, 0.1) is 35.4 Å². The lowest BCUT2D eigenvalue weighted by Gasteiger charge is -2.39. The van der Waals surface area contributed by atoms with Gasteiger partial charge in [0, 0.05) is 11.1 Å². The van der Waals surface area contributed by atoms with Crippen molar-refractivity contribution in [2.45, 2.75) is 59.0 Å². The number of hydrogen-bond acceptors (Lipinski definition) is 8. The maximum absolute atomic E-state index is 14.2. The highest BCUT2D eigenvalue weighted by Crippen LogP contribution is 2.47. The molecule has 2 aromatic carbocycles. The topological polar surface area (TPSA) is 97.4 Å². The number of Topliss-reactive ketones (excluding diaryl/α,β-unsaturated/α-hetero) is 1. The molecule has 1 aliphatic rings. The molecule has 0 saturated heterocycles. The molecule has 1 atom stereocenters. The van der Waals surface area contributed by atoms with Crippen LogP contribution in [0.2, 0.25) is 20.1 Å². The van der Waals surface area contributed by atoms with Crippen LogP contribution in [0.1, 0.15) is 79.7 Å². The monoisotopic (exact) mass is 660 g/mol. The van der Waals surface area contributed by atoms with Crippen LogP contribution in [0.15, 0.2) is 23.8 Å². The molecule has 42 heavy (non-hydrogen) atoms. The van der Waals surface area contributed by atoms with Crippen molar-refractivity contribution >= 4 is 69.9 Å². The summed E-state index contributed by atoms with van der Waals surface area (Å²) in [7, 11) is 1.35. The van der Waals surface area contributed by atoms with Gasteiger partial charge < -0.3 is 23.7 Å². The molecule has 2 aromatic rings. The van der Waals surface area contributed by atoms with E-state index in [9.17, 15) is 14.4 Å². The highest BCUT2D eigenvalue weighted by molar-refractivity contribution is 6.46. The standard InChI is InChI=1S/C30H32Cl4O8/c1-6-16-12-13-30(7-2,28(36)18-14-20(38-5)22(26(34)24(18)32)29(37)40-9-4)42-27(16)17-10-11-19(25(33)23(17)31)41-15-21(35)39-8-3/h10-11,14H,6-9,12-13,15H2,1-5H3. The Balaban J connectivity index is 2.04. The Labute approximate surface area is 265 Å². The lowest BCUT2D eigenvalue weighted by atomic mass is 9.81. The number of carbonyl (C=O) groups excluding carboxylic acids is 3. The minimum Gasteiger partial charge on any atom is -0.496 e. The van der Waals surface area contributed by atoms with Gasteiger partial charge in [0.2, 0.25) is 5.78 Å². The first kappa shape index (κ1) is 33.8. The molecule has 3 rings (SSSR count). The first-order chi connectivity index (χ1) is 20.0. The molecule has 1 aliphatic heterocycles. The summed E-state index contributed by atoms with van der Waals surface area (Å²) in [6, 6.07) is 4.62. The van der Waals surface area contributed by atoms with E-state index in [-0.39, 0.29) is 69.0 Å². The molecular weight excluding hydrogens is 630 g/mol. The minimum atomic E-state index is -1.34. The zero-order chi connectivity index (χ0) is 31.2. The predicted molar refractivity (Wildman–Crippen MR) is 162 cm³/mol. The molecule has 0 fully saturated rings. The third kappa shape index (κ3) is 6.77. The number of ether oxygens (including phenoxy) is 5. The molecule has 228 valence electrons. The van der Waals surface area contributed by atoms with Crippen molar-refractivity contribution in [2.24, 2.45) is 0 Å². The van der Waals surface area contributed by atoms with Gasteiger partial charge in [0.1, 0.15) is 27.8 Å². The zero-order valence-corrected chi connectivity index (χ0v) is 27.0. The molecule has 0 spiro atoms. The second-order valence-electron chi connectivity index (χ2n) is 9.25. The van der Waals surface area contributed by atoms with E-state index >= 15 is 0 Å². The van der Waals surface area contributed by atoms with Gasteiger partial charge in [-0.15, -0.1) is 0 Å². The van der Waals surface area contributed by atoms with E-state index in [0.717, 1.165) is 5.57 Å². The van der Waals surface area contributed by atoms with Crippen molar-refractivity contribution in [1.29, 1.82) is 0 Å². The van der Waals surface area contributed by atoms with Crippen LogP contribution in [0.25, 0.3) is 5.76 Å². The van der Waals surface area contributed by atoms with Gasteiger partial charge in [-0.25, -0.2) is 9.59 Å². The summed E-state index contributed by atoms with van der Waals surface area (Å²) in [6.07, 6.45) is 1.81. The Morgan fingerprint density at radius 1 is 0.905 bits per heavy atom. The summed E-state index contributed by atoms with van der Waals surface area (Å²) < 4.78 is 27.4. The first-order valence-corrected chi connectivity index (χ1v) is 15.0. The third-order valence-corrected chi connectivity index (χ3v) is 8.65. The van der Waals surface area contributed by atoms with Crippen LogP contribution in [0.4, 0.5) is 0 Å². The molecule has 8 nitrogen and oxygen atoms in total. The molecule has 0 aromatic heterocycles. The van der Waals surface area contributed by atoms with Crippen molar-refractivity contribution < 1.29 is 38.1 Å². The molecule has 0 saturated carbocycles. The number of allylic oxidation sites excluding steroid dienone is 1. The zero-order valence-electron chi connectivity index (χ0n) is 24.0. The Morgan fingerprint density at radius 2 is 1.60 bits per heavy atom. The van der Waals surface area contributed by atoms with Crippen molar-refractivity contribution in [3.63, 3.8) is 0 Å². The minimum absolute atomic E-state index is 0.0413. The predicted octanol–water partition coefficient (Wildman–Crippen LogP) is 8.39. The Bertz CT molecular complexity index is 1400. The Kier molecular flexibility index (Phi) is 11.8. The fourth-order valence-electron chi connectivity index (χ4n) is 4.66. The van der Waals surface area contributed by atoms with Crippen molar-refractivity contribution in [1.82, 2.24) is 0 Å². The molecule has 0 bridgehead atoms. The molecule has 0 aliphatic carbocycles. The largest absolute Gasteiger partial charge is 0.496 e. The summed E-state index contributed by atoms with van der Waals surface area (Å²) in [5, 5.41) is -0.0472. The molecule has 0 amide bonds. The smallest absolute Gasteiger partial charge is 0.344 e. The van der Waals surface area contributed by atoms with E-state index in [2.05, 4.69) is 0 Å². The lowest BCUT2D eigenvalue weighted by Crippen LogP contribution is -2.43. The highest BCUT2D eigenvalue weighted by atomic mass is 35.5. The fraction of sp³-hybridized carbons (Fsp3) is 0.433. The maximum Gasteiger partial charge on any atom is 0.344 e. The number of carbonyl (C=O) groups is 3. The van der Waals surface area contributed by atoms with Gasteiger partial charge in [0.15, 0.2) is 12.2 Å². The van der Waals surface area contributed by atoms with Gasteiger partial charge in [-0.05, 0) is 63.3 Å². The van der Waals surface area contributed by atoms with Gasteiger partial charge >= 0.3 is 11.9 Å². The van der Waals surface area contributed by atoms with E-state index in [4.69, 9.17) is 70.1 Å². The van der Waals surface area contributed by atoms with Gasteiger partial charge in [-0.1, -0.05) is 60.3 Å². The SMILES string of the molecule is CCOC(=O)COc1ccc(C2=C(CC)CCC(CC)(C(=O)c3cc(OC)c(C(=O)OCC)c(Cl)c3Cl)O2)c(Cl)c1Cl. The second kappa shape index (κ2) is 14.7. The van der Waals surface area contributed by atoms with Crippen LogP contribution in [-0.4, -0.2) is 50.3 Å². The van der Waals surface area contributed by atoms with Crippen molar-refractivity contribution in [2.75, 3.05) is 26.9 Å². The van der Waals surface area contributed by atoms with Crippen LogP contribution in [-0.2, 0) is 19.0 Å². The quantitative estimate of drug-likeness (QED) is 0.165. The number of halogens is 4. The highest BCUT2D eigenvalue weighted by Gasteiger charge is 2.45. The fourth-order valence-corrected chi connectivity index (χ4v) is 5.63. The summed E-state index contributed by atoms with van der Waals surface area (Å²) in [6.45, 7) is 7.15. The maximum atomic E-state index is 14.2. The molecule has 1 heterocycles. The van der Waals surface area contributed by atoms with Crippen LogP contribution >= 0.6 is 46.4 Å². The number of esters is 2. The number of rotatable bonds is 12. The van der Waals surface area contributed by atoms with Gasteiger partial charge in [0.25, 0.3) is 0 Å². The van der Waals surface area contributed by atoms with E-state index in [1.54, 1.807) is 26.0 Å². The summed E-state index contributed by atoms with van der Waals surface area (Å²) in [5.41, 5.74) is 0.0284. The average Bonchev–Trinajstić information content (AvgIpc) is 2.98. The van der Waals surface area contributed by atoms with Gasteiger partial charge in [-0.2, -0.15) is 0 Å². The average molecular weight is 662 g/mol. The van der Waals surface area contributed by atoms with Crippen LogP contribution in [0, 0.1) is 0 Å². The van der Waals surface area contributed by atoms with Crippen molar-refractivity contribution in [3.05, 3.63) is 60.6 Å². The van der Waals surface area contributed by atoms with Crippen LogP contribution in [0.3, 0.4) is 0 Å². The van der Waals surface area contributed by atoms with E-state index in [0.29, 0.717) is 30.6 Å². The van der Waals surface area contributed by atoms with Crippen LogP contribution < -0.4 is 9.47 Å². The van der Waals surface area contributed by atoms with E-state index < -0.39 is 23.3 Å². The summed E-state index contributed by atoms with van der Waals surface area (Å²) in [5.74, 6) is -1.04. The summed E-state index contributed by atoms with van der Waals surface area (Å²) >= 11 is 26.3. The third-order valence-electron chi connectivity index (χ3n) is 6.92. The molecule has 1 unspecified atom stereocenters. The van der Waals surface area contributed by atoms with Crippen molar-refractivity contribution in [3.8, 4) is 11.5 Å². The first-order valence-electron chi connectivity index (χ1n) is 13.5. The number of ketones is 1. The number of methoxy groups -OCH3 is 1. The second-order valence-corrected chi connectivity index (χ2v) is 10.8. The Hall–Kier alpha value is -2.65. The Morgan fingerprint density at radius 3 is 2.19 bits per heavy atom. The summed E-state index contributed by atoms with van der Waals surface area (Å²) in [4.78, 5) is 38.5. The number of hydrogen-bond donors (Lipinski definition) is 0. The molecule has 0 N–H and O–H groups in total. The normalized spacial score (nSPS) is 16.5. The van der Waals surface area contributed by atoms with E-state index in [1.807, 2.05) is 13.8 Å². The lowest BCUT2D eigenvalue weighted by molar-refractivity contribution is -0.145.